The van der Waals surface area contributed by atoms with Crippen LogP contribution >= 0.6 is 12.4 Å². The molecule has 2 unspecified atom stereocenters. The lowest BCUT2D eigenvalue weighted by Crippen LogP contribution is -2.46. The van der Waals surface area contributed by atoms with Crippen molar-refractivity contribution < 1.29 is 9.90 Å². The second-order valence-corrected chi connectivity index (χ2v) is 5.07. The Hall–Kier alpha value is -1.10. The number of likely N-dealkylation sites (tertiary alicyclic amines) is 1. The van der Waals surface area contributed by atoms with Crippen molar-refractivity contribution in [3.8, 4) is 0 Å². The fourth-order valence-corrected chi connectivity index (χ4v) is 2.72. The van der Waals surface area contributed by atoms with Crippen LogP contribution < -0.4 is 5.73 Å². The number of amides is 1. The van der Waals surface area contributed by atoms with Crippen molar-refractivity contribution >= 4 is 18.3 Å². The molecule has 5 heteroatoms. The molecule has 0 aliphatic carbocycles. The molecule has 112 valence electrons. The summed E-state index contributed by atoms with van der Waals surface area (Å²) in [6, 6.07) is 9.29. The van der Waals surface area contributed by atoms with E-state index in [2.05, 4.69) is 0 Å². The Morgan fingerprint density at radius 3 is 2.70 bits per heavy atom. The van der Waals surface area contributed by atoms with E-state index in [0.29, 0.717) is 12.1 Å². The van der Waals surface area contributed by atoms with E-state index in [1.165, 1.54) is 0 Å². The number of nitrogens with zero attached hydrogens (tertiary/aromatic N) is 1. The minimum Gasteiger partial charge on any atom is -0.378 e. The molecule has 20 heavy (non-hydrogen) atoms. The Kier molecular flexibility index (Phi) is 6.99. The molecule has 1 aromatic carbocycles. The molecule has 1 saturated heterocycles. The summed E-state index contributed by atoms with van der Waals surface area (Å²) in [5.74, 6) is -0.190. The van der Waals surface area contributed by atoms with Crippen molar-refractivity contribution in [2.45, 2.75) is 37.8 Å². The maximum atomic E-state index is 12.4. The number of rotatable bonds is 4. The quantitative estimate of drug-likeness (QED) is 0.892. The number of hydrogen-bond acceptors (Lipinski definition) is 3. The van der Waals surface area contributed by atoms with Crippen LogP contribution in [0.3, 0.4) is 0 Å². The molecule has 1 amide bonds. The van der Waals surface area contributed by atoms with Gasteiger partial charge in [0.25, 0.3) is 5.91 Å². The summed E-state index contributed by atoms with van der Waals surface area (Å²) < 4.78 is 0. The molecule has 3 N–H and O–H groups in total. The molecular formula is C15H23ClN2O2. The molecule has 0 bridgehead atoms. The molecule has 0 radical (unpaired) electrons. The second kappa shape index (κ2) is 8.25. The fraction of sp³-hybridized carbons (Fsp3) is 0.533. The van der Waals surface area contributed by atoms with Gasteiger partial charge in [-0.2, -0.15) is 0 Å². The van der Waals surface area contributed by atoms with Crippen molar-refractivity contribution in [1.29, 1.82) is 0 Å². The molecule has 0 saturated carbocycles. The third-order valence-electron chi connectivity index (χ3n) is 3.76. The van der Waals surface area contributed by atoms with Crippen molar-refractivity contribution in [3.63, 3.8) is 0 Å². The van der Waals surface area contributed by atoms with Gasteiger partial charge in [-0.3, -0.25) is 4.79 Å². The molecule has 4 nitrogen and oxygen atoms in total. The molecule has 1 heterocycles. The SMILES string of the molecule is Cl.NCCC1CCCCN1C(=O)C(O)c1ccccc1. The number of nitrogens with two attached hydrogens (primary N) is 1. The third-order valence-corrected chi connectivity index (χ3v) is 3.76. The Morgan fingerprint density at radius 2 is 2.05 bits per heavy atom. The van der Waals surface area contributed by atoms with E-state index in [9.17, 15) is 9.90 Å². The normalized spacial score (nSPS) is 20.1. The van der Waals surface area contributed by atoms with Crippen LogP contribution in [-0.4, -0.2) is 35.0 Å². The van der Waals surface area contributed by atoms with E-state index in [1.54, 1.807) is 12.1 Å². The highest BCUT2D eigenvalue weighted by Crippen LogP contribution is 2.24. The summed E-state index contributed by atoms with van der Waals surface area (Å²) in [6.45, 7) is 1.31. The van der Waals surface area contributed by atoms with Gasteiger partial charge in [0, 0.05) is 12.6 Å². The average Bonchev–Trinajstić information content (AvgIpc) is 2.47. The van der Waals surface area contributed by atoms with Crippen LogP contribution in [0.15, 0.2) is 30.3 Å². The summed E-state index contributed by atoms with van der Waals surface area (Å²) in [4.78, 5) is 14.2. The van der Waals surface area contributed by atoms with Crippen LogP contribution in [0.4, 0.5) is 0 Å². The zero-order chi connectivity index (χ0) is 13.7. The van der Waals surface area contributed by atoms with Gasteiger partial charge in [0.2, 0.25) is 0 Å². The van der Waals surface area contributed by atoms with Crippen molar-refractivity contribution in [3.05, 3.63) is 35.9 Å². The molecule has 0 aromatic heterocycles. The van der Waals surface area contributed by atoms with E-state index in [4.69, 9.17) is 5.73 Å². The van der Waals surface area contributed by atoms with E-state index < -0.39 is 6.10 Å². The monoisotopic (exact) mass is 298 g/mol. The van der Waals surface area contributed by atoms with Gasteiger partial charge in [-0.15, -0.1) is 12.4 Å². The summed E-state index contributed by atoms with van der Waals surface area (Å²) in [5, 5.41) is 10.2. The highest BCUT2D eigenvalue weighted by atomic mass is 35.5. The summed E-state index contributed by atoms with van der Waals surface area (Å²) >= 11 is 0. The van der Waals surface area contributed by atoms with Crippen LogP contribution in [0.2, 0.25) is 0 Å². The number of piperidine rings is 1. The van der Waals surface area contributed by atoms with Gasteiger partial charge in [-0.25, -0.2) is 0 Å². The van der Waals surface area contributed by atoms with Gasteiger partial charge in [0.1, 0.15) is 0 Å². The van der Waals surface area contributed by atoms with Gasteiger partial charge >= 0.3 is 0 Å². The smallest absolute Gasteiger partial charge is 0.256 e. The number of benzene rings is 1. The van der Waals surface area contributed by atoms with Gasteiger partial charge in [-0.05, 0) is 37.8 Å². The first kappa shape index (κ1) is 17.0. The van der Waals surface area contributed by atoms with E-state index in [0.717, 1.165) is 32.2 Å². The van der Waals surface area contributed by atoms with E-state index >= 15 is 0 Å². The average molecular weight is 299 g/mol. The molecular weight excluding hydrogens is 276 g/mol. The first-order valence-electron chi connectivity index (χ1n) is 6.97. The molecule has 2 atom stereocenters. The predicted molar refractivity (Wildman–Crippen MR) is 81.7 cm³/mol. The number of carbonyl (C=O) groups is 1. The van der Waals surface area contributed by atoms with E-state index in [1.807, 2.05) is 23.1 Å². The summed E-state index contributed by atoms with van der Waals surface area (Å²) in [7, 11) is 0. The Bertz CT molecular complexity index is 412. The van der Waals surface area contributed by atoms with Crippen LogP contribution in [0, 0.1) is 0 Å². The highest BCUT2D eigenvalue weighted by Gasteiger charge is 2.30. The minimum atomic E-state index is -1.06. The maximum Gasteiger partial charge on any atom is 0.256 e. The predicted octanol–water partition coefficient (Wildman–Crippen LogP) is 1.87. The van der Waals surface area contributed by atoms with Gasteiger partial charge in [-0.1, -0.05) is 30.3 Å². The molecule has 2 rings (SSSR count). The number of carbonyl (C=O) groups excluding carboxylic acids is 1. The van der Waals surface area contributed by atoms with Crippen LogP contribution in [0.1, 0.15) is 37.4 Å². The Labute approximate surface area is 126 Å². The lowest BCUT2D eigenvalue weighted by atomic mass is 9.97. The zero-order valence-corrected chi connectivity index (χ0v) is 12.4. The minimum absolute atomic E-state index is 0. The lowest BCUT2D eigenvalue weighted by Gasteiger charge is -2.37. The zero-order valence-electron chi connectivity index (χ0n) is 11.6. The van der Waals surface area contributed by atoms with E-state index in [-0.39, 0.29) is 24.4 Å². The van der Waals surface area contributed by atoms with Crippen molar-refractivity contribution in [2.24, 2.45) is 5.73 Å². The third kappa shape index (κ3) is 3.95. The summed E-state index contributed by atoms with van der Waals surface area (Å²) in [5.41, 5.74) is 6.27. The fourth-order valence-electron chi connectivity index (χ4n) is 2.72. The first-order valence-corrected chi connectivity index (χ1v) is 6.97. The van der Waals surface area contributed by atoms with Crippen molar-refractivity contribution in [2.75, 3.05) is 13.1 Å². The second-order valence-electron chi connectivity index (χ2n) is 5.07. The number of aliphatic hydroxyl groups is 1. The number of hydrogen-bond donors (Lipinski definition) is 2. The van der Waals surface area contributed by atoms with Gasteiger partial charge in [0.15, 0.2) is 6.10 Å². The Morgan fingerprint density at radius 1 is 1.35 bits per heavy atom. The van der Waals surface area contributed by atoms with Crippen LogP contribution in [0.5, 0.6) is 0 Å². The van der Waals surface area contributed by atoms with Crippen LogP contribution in [-0.2, 0) is 4.79 Å². The molecule has 1 aromatic rings. The Balaban J connectivity index is 0.00000200. The standard InChI is InChI=1S/C15H22N2O2.ClH/c16-10-9-13-8-4-5-11-17(13)15(19)14(18)12-6-2-1-3-7-12;/h1-3,6-7,13-14,18H,4-5,8-11,16H2;1H. The largest absolute Gasteiger partial charge is 0.378 e. The van der Waals surface area contributed by atoms with Crippen LogP contribution in [0.25, 0.3) is 0 Å². The molecule has 1 fully saturated rings. The van der Waals surface area contributed by atoms with Crippen molar-refractivity contribution in [1.82, 2.24) is 4.90 Å². The highest BCUT2D eigenvalue weighted by molar-refractivity contribution is 5.85. The number of aliphatic hydroxyl groups excluding tert-OH is 1. The molecule has 0 spiro atoms. The molecule has 1 aliphatic rings. The summed E-state index contributed by atoms with van der Waals surface area (Å²) in [6.07, 6.45) is 2.89. The number of halogens is 1. The maximum absolute atomic E-state index is 12.4. The lowest BCUT2D eigenvalue weighted by molar-refractivity contribution is -0.144. The molecule has 1 aliphatic heterocycles. The van der Waals surface area contributed by atoms with Gasteiger partial charge in [0.05, 0.1) is 0 Å². The topological polar surface area (TPSA) is 66.6 Å². The first-order chi connectivity index (χ1) is 9.24. The van der Waals surface area contributed by atoms with Gasteiger partial charge < -0.3 is 15.7 Å².